The van der Waals surface area contributed by atoms with Gasteiger partial charge in [-0.2, -0.15) is 0 Å². The molecule has 0 atom stereocenters. The lowest BCUT2D eigenvalue weighted by Crippen LogP contribution is -2.05. The minimum atomic E-state index is -0.149. The van der Waals surface area contributed by atoms with Gasteiger partial charge in [-0.25, -0.2) is 15.0 Å². The second-order valence-corrected chi connectivity index (χ2v) is 4.55. The van der Waals surface area contributed by atoms with E-state index < -0.39 is 0 Å². The minimum absolute atomic E-state index is 0.149. The first-order valence-corrected chi connectivity index (χ1v) is 6.26. The number of hydrogen-bond donors (Lipinski definition) is 1. The highest BCUT2D eigenvalue weighted by Gasteiger charge is 2.03. The van der Waals surface area contributed by atoms with Crippen LogP contribution in [0.15, 0.2) is 46.9 Å². The Labute approximate surface area is 106 Å². The molecule has 18 heavy (non-hydrogen) atoms. The first-order valence-electron chi connectivity index (χ1n) is 5.28. The molecule has 0 bridgehead atoms. The Bertz CT molecular complexity index is 702. The van der Waals surface area contributed by atoms with Crippen LogP contribution in [0.1, 0.15) is 5.69 Å². The minimum Gasteiger partial charge on any atom is -0.301 e. The van der Waals surface area contributed by atoms with E-state index in [1.54, 1.807) is 6.20 Å². The maximum atomic E-state index is 11.1. The Morgan fingerprint density at radius 3 is 3.11 bits per heavy atom. The lowest BCUT2D eigenvalue weighted by molar-refractivity contribution is 0.935. The fraction of sp³-hybridized carbons (Fsp3) is 0.0909. The van der Waals surface area contributed by atoms with Crippen LogP contribution in [0.3, 0.4) is 0 Å². The van der Waals surface area contributed by atoms with Crippen LogP contribution in [0.2, 0.25) is 0 Å². The molecule has 0 aliphatic rings. The van der Waals surface area contributed by atoms with Gasteiger partial charge in [0, 0.05) is 36.6 Å². The molecule has 0 aliphatic carbocycles. The van der Waals surface area contributed by atoms with Crippen LogP contribution in [-0.4, -0.2) is 24.3 Å². The number of imidazole rings is 1. The van der Waals surface area contributed by atoms with E-state index in [0.717, 1.165) is 5.69 Å². The van der Waals surface area contributed by atoms with Crippen molar-refractivity contribution in [3.63, 3.8) is 0 Å². The summed E-state index contributed by atoms with van der Waals surface area (Å²) in [6, 6.07) is 3.24. The predicted molar refractivity (Wildman–Crippen MR) is 67.4 cm³/mol. The van der Waals surface area contributed by atoms with Gasteiger partial charge in [0.05, 0.1) is 5.69 Å². The van der Waals surface area contributed by atoms with Crippen LogP contribution in [-0.2, 0) is 5.75 Å². The highest BCUT2D eigenvalue weighted by Crippen LogP contribution is 2.17. The Balaban J connectivity index is 1.78. The lowest BCUT2D eigenvalue weighted by atomic mass is 10.6. The number of thioether (sulfide) groups is 1. The van der Waals surface area contributed by atoms with Crippen LogP contribution >= 0.6 is 11.8 Å². The number of H-pyrrole nitrogens is 1. The summed E-state index contributed by atoms with van der Waals surface area (Å²) in [5.74, 6) is 1.30. The number of hydrogen-bond acceptors (Lipinski definition) is 5. The summed E-state index contributed by atoms with van der Waals surface area (Å²) in [5.41, 5.74) is 0.745. The molecule has 3 heterocycles. The molecule has 0 radical (unpaired) electrons. The Morgan fingerprint density at radius 2 is 2.28 bits per heavy atom. The van der Waals surface area contributed by atoms with Gasteiger partial charge in [-0.3, -0.25) is 9.20 Å². The number of aromatic nitrogens is 5. The summed E-state index contributed by atoms with van der Waals surface area (Å²) in [6.45, 7) is 0. The smallest absolute Gasteiger partial charge is 0.251 e. The average Bonchev–Trinajstić information content (AvgIpc) is 2.79. The molecule has 0 saturated heterocycles. The number of nitrogens with zero attached hydrogens (tertiary/aromatic N) is 4. The normalized spacial score (nSPS) is 10.9. The molecule has 0 saturated carbocycles. The second-order valence-electron chi connectivity index (χ2n) is 3.59. The zero-order valence-corrected chi connectivity index (χ0v) is 10.1. The average molecular weight is 259 g/mol. The number of aromatic amines is 1. The molecule has 0 aromatic carbocycles. The zero-order chi connectivity index (χ0) is 12.4. The van der Waals surface area contributed by atoms with E-state index in [9.17, 15) is 4.79 Å². The molecule has 0 amide bonds. The van der Waals surface area contributed by atoms with E-state index in [1.807, 2.05) is 22.9 Å². The molecule has 1 N–H and O–H groups in total. The van der Waals surface area contributed by atoms with Gasteiger partial charge in [0.15, 0.2) is 5.16 Å². The van der Waals surface area contributed by atoms with Crippen LogP contribution in [0.4, 0.5) is 0 Å². The third-order valence-corrected chi connectivity index (χ3v) is 3.21. The number of nitrogens with one attached hydrogen (secondary N) is 1. The first kappa shape index (κ1) is 11.0. The van der Waals surface area contributed by atoms with Crippen molar-refractivity contribution in [3.8, 4) is 0 Å². The van der Waals surface area contributed by atoms with E-state index >= 15 is 0 Å². The predicted octanol–water partition coefficient (Wildman–Crippen LogP) is 1.10. The quantitative estimate of drug-likeness (QED) is 0.563. The Kier molecular flexibility index (Phi) is 2.81. The summed E-state index contributed by atoms with van der Waals surface area (Å²) in [5, 5.41) is 0.590. The number of rotatable bonds is 3. The Morgan fingerprint density at radius 1 is 1.33 bits per heavy atom. The molecular weight excluding hydrogens is 250 g/mol. The highest BCUT2D eigenvalue weighted by atomic mass is 32.2. The molecule has 7 heteroatoms. The van der Waals surface area contributed by atoms with E-state index in [-0.39, 0.29) is 5.56 Å². The lowest BCUT2D eigenvalue weighted by Gasteiger charge is -1.96. The highest BCUT2D eigenvalue weighted by molar-refractivity contribution is 7.98. The van der Waals surface area contributed by atoms with Crippen molar-refractivity contribution in [1.82, 2.24) is 24.3 Å². The van der Waals surface area contributed by atoms with Crippen LogP contribution < -0.4 is 5.56 Å². The summed E-state index contributed by atoms with van der Waals surface area (Å²) in [4.78, 5) is 26.3. The van der Waals surface area contributed by atoms with Crippen molar-refractivity contribution >= 4 is 17.5 Å². The second kappa shape index (κ2) is 4.61. The zero-order valence-electron chi connectivity index (χ0n) is 9.28. The van der Waals surface area contributed by atoms with Crippen LogP contribution in [0.25, 0.3) is 5.78 Å². The van der Waals surface area contributed by atoms with Gasteiger partial charge in [0.25, 0.3) is 5.56 Å². The molecule has 0 fully saturated rings. The van der Waals surface area contributed by atoms with Gasteiger partial charge in [0.1, 0.15) is 0 Å². The van der Waals surface area contributed by atoms with Gasteiger partial charge in [-0.15, -0.1) is 0 Å². The maximum Gasteiger partial charge on any atom is 0.251 e. The Hall–Kier alpha value is -2.15. The van der Waals surface area contributed by atoms with Crippen LogP contribution in [0.5, 0.6) is 0 Å². The standard InChI is InChI=1S/C11H9N5OS/c17-9-2-4-13-11(15-9)18-7-8-6-16-5-1-3-12-10(16)14-8/h1-6H,7H2,(H,13,15,17). The van der Waals surface area contributed by atoms with Crippen molar-refractivity contribution in [2.45, 2.75) is 10.9 Å². The van der Waals surface area contributed by atoms with Crippen molar-refractivity contribution in [2.75, 3.05) is 0 Å². The summed E-state index contributed by atoms with van der Waals surface area (Å²) in [6.07, 6.45) is 7.00. The molecule has 3 aromatic heterocycles. The maximum absolute atomic E-state index is 11.1. The van der Waals surface area contributed by atoms with Crippen molar-refractivity contribution in [1.29, 1.82) is 0 Å². The summed E-state index contributed by atoms with van der Waals surface area (Å²) in [7, 11) is 0. The van der Waals surface area contributed by atoms with Gasteiger partial charge in [-0.1, -0.05) is 11.8 Å². The third-order valence-electron chi connectivity index (χ3n) is 2.29. The fourth-order valence-corrected chi connectivity index (χ4v) is 2.25. The van der Waals surface area contributed by atoms with Gasteiger partial charge >= 0.3 is 0 Å². The van der Waals surface area contributed by atoms with E-state index in [1.165, 1.54) is 24.0 Å². The van der Waals surface area contributed by atoms with Gasteiger partial charge < -0.3 is 4.98 Å². The molecular formula is C11H9N5OS. The first-order chi connectivity index (χ1) is 8.81. The monoisotopic (exact) mass is 259 g/mol. The topological polar surface area (TPSA) is 75.9 Å². The van der Waals surface area contributed by atoms with E-state index in [0.29, 0.717) is 16.7 Å². The summed E-state index contributed by atoms with van der Waals surface area (Å²) < 4.78 is 1.86. The fourth-order valence-electron chi connectivity index (χ4n) is 1.52. The molecule has 3 rings (SSSR count). The molecule has 90 valence electrons. The molecule has 0 unspecified atom stereocenters. The van der Waals surface area contributed by atoms with Gasteiger partial charge in [0.2, 0.25) is 5.78 Å². The largest absolute Gasteiger partial charge is 0.301 e. The molecule has 0 spiro atoms. The number of fused-ring (bicyclic) bond motifs is 1. The van der Waals surface area contributed by atoms with E-state index in [4.69, 9.17) is 0 Å². The van der Waals surface area contributed by atoms with Crippen molar-refractivity contribution in [2.24, 2.45) is 0 Å². The third kappa shape index (κ3) is 2.25. The SMILES string of the molecule is O=c1ccnc(SCc2cn3cccnc3n2)[nH]1. The van der Waals surface area contributed by atoms with Crippen molar-refractivity contribution in [3.05, 3.63) is 53.0 Å². The molecule has 0 aliphatic heterocycles. The molecule has 6 nitrogen and oxygen atoms in total. The summed E-state index contributed by atoms with van der Waals surface area (Å²) >= 11 is 1.43. The van der Waals surface area contributed by atoms with Crippen LogP contribution in [0, 0.1) is 0 Å². The van der Waals surface area contributed by atoms with Crippen molar-refractivity contribution < 1.29 is 0 Å². The van der Waals surface area contributed by atoms with Gasteiger partial charge in [-0.05, 0) is 6.07 Å². The van der Waals surface area contributed by atoms with E-state index in [2.05, 4.69) is 19.9 Å². The molecule has 3 aromatic rings.